The number of nitrogens with zero attached hydrogens (tertiary/aromatic N) is 1. The zero-order chi connectivity index (χ0) is 6.73. The molecule has 0 aromatic heterocycles. The van der Waals surface area contributed by atoms with E-state index in [9.17, 15) is 14.5 Å². The second-order valence-corrected chi connectivity index (χ2v) is 1.23. The summed E-state index contributed by atoms with van der Waals surface area (Å²) in [6.45, 7) is 2.70. The van der Waals surface area contributed by atoms with Crippen molar-refractivity contribution in [1.29, 1.82) is 0 Å². The SMILES string of the molecule is [CH2]C(O)C(F)[N+](=O)[O-]. The van der Waals surface area contributed by atoms with Crippen LogP contribution >= 0.6 is 0 Å². The predicted molar refractivity (Wildman–Crippen MR) is 23.3 cm³/mol. The average Bonchev–Trinajstić information content (AvgIpc) is 1.64. The molecule has 0 saturated heterocycles. The summed E-state index contributed by atoms with van der Waals surface area (Å²) in [6, 6.07) is 0. The fraction of sp³-hybridized carbons (Fsp3) is 0.667. The molecule has 2 atom stereocenters. The molecule has 0 aromatic rings. The minimum absolute atomic E-state index is 1.24. The highest BCUT2D eigenvalue weighted by atomic mass is 19.1. The number of alkyl halides is 1. The van der Waals surface area contributed by atoms with E-state index in [4.69, 9.17) is 5.11 Å². The van der Waals surface area contributed by atoms with Crippen molar-refractivity contribution in [3.63, 3.8) is 0 Å². The molecule has 0 amide bonds. The number of halogens is 1. The van der Waals surface area contributed by atoms with Crippen LogP contribution in [0.15, 0.2) is 0 Å². The molecule has 0 aliphatic carbocycles. The van der Waals surface area contributed by atoms with Crippen molar-refractivity contribution in [2.24, 2.45) is 0 Å². The molecule has 0 spiro atoms. The third-order valence-corrected chi connectivity index (χ3v) is 0.519. The van der Waals surface area contributed by atoms with Crippen LogP contribution in [0.3, 0.4) is 0 Å². The van der Waals surface area contributed by atoms with Gasteiger partial charge in [-0.15, -0.1) is 0 Å². The maximum absolute atomic E-state index is 11.6. The molecule has 0 bridgehead atoms. The molecule has 0 aromatic carbocycles. The van der Waals surface area contributed by atoms with Gasteiger partial charge in [0.05, 0.1) is 4.92 Å². The van der Waals surface area contributed by atoms with Gasteiger partial charge in [-0.1, -0.05) is 0 Å². The van der Waals surface area contributed by atoms with Gasteiger partial charge in [0, 0.05) is 0 Å². The van der Waals surface area contributed by atoms with Crippen LogP contribution in [0.4, 0.5) is 4.39 Å². The Morgan fingerprint density at radius 3 is 2.25 bits per heavy atom. The normalized spacial score (nSPS) is 17.4. The molecule has 0 fully saturated rings. The monoisotopic (exact) mass is 122 g/mol. The number of rotatable bonds is 2. The van der Waals surface area contributed by atoms with Crippen LogP contribution in [0.5, 0.6) is 0 Å². The van der Waals surface area contributed by atoms with Crippen LogP contribution in [0.1, 0.15) is 0 Å². The Hall–Kier alpha value is -0.710. The Labute approximate surface area is 45.1 Å². The van der Waals surface area contributed by atoms with Crippen LogP contribution in [-0.2, 0) is 0 Å². The van der Waals surface area contributed by atoms with E-state index in [1.54, 1.807) is 0 Å². The van der Waals surface area contributed by atoms with Gasteiger partial charge in [0.25, 0.3) is 0 Å². The molecule has 0 aliphatic heterocycles. The van der Waals surface area contributed by atoms with Gasteiger partial charge in [0.15, 0.2) is 6.10 Å². The highest BCUT2D eigenvalue weighted by Crippen LogP contribution is 1.96. The van der Waals surface area contributed by atoms with Gasteiger partial charge in [0.1, 0.15) is 0 Å². The highest BCUT2D eigenvalue weighted by molar-refractivity contribution is 4.57. The molecule has 8 heavy (non-hydrogen) atoms. The lowest BCUT2D eigenvalue weighted by molar-refractivity contribution is -0.562. The Morgan fingerprint density at radius 1 is 1.88 bits per heavy atom. The van der Waals surface area contributed by atoms with E-state index >= 15 is 0 Å². The number of aliphatic hydroxyl groups excluding tert-OH is 1. The molecular formula is C3H5FNO3. The summed E-state index contributed by atoms with van der Waals surface area (Å²) in [7, 11) is 0. The van der Waals surface area contributed by atoms with E-state index < -0.39 is 17.3 Å². The van der Waals surface area contributed by atoms with Crippen molar-refractivity contribution >= 4 is 0 Å². The second kappa shape index (κ2) is 2.56. The Morgan fingerprint density at radius 2 is 2.25 bits per heavy atom. The molecule has 4 nitrogen and oxygen atoms in total. The van der Waals surface area contributed by atoms with Gasteiger partial charge in [-0.25, -0.2) is 0 Å². The first-order valence-corrected chi connectivity index (χ1v) is 1.84. The molecule has 0 rings (SSSR count). The van der Waals surface area contributed by atoms with Crippen molar-refractivity contribution in [2.75, 3.05) is 0 Å². The lowest BCUT2D eigenvalue weighted by Crippen LogP contribution is -2.26. The van der Waals surface area contributed by atoms with E-state index in [0.717, 1.165) is 0 Å². The Kier molecular flexibility index (Phi) is 2.33. The summed E-state index contributed by atoms with van der Waals surface area (Å²) in [6.07, 6.45) is -4.24. The molecule has 1 N–H and O–H groups in total. The lowest BCUT2D eigenvalue weighted by atomic mass is 10.4. The van der Waals surface area contributed by atoms with Crippen molar-refractivity contribution in [1.82, 2.24) is 0 Å². The molecule has 0 heterocycles. The van der Waals surface area contributed by atoms with Gasteiger partial charge in [-0.3, -0.25) is 10.1 Å². The summed E-state index contributed by atoms with van der Waals surface area (Å²) in [5.74, 6) is 0. The molecule has 47 valence electrons. The Balaban J connectivity index is 3.64. The first-order valence-electron chi connectivity index (χ1n) is 1.84. The van der Waals surface area contributed by atoms with Crippen molar-refractivity contribution in [3.8, 4) is 0 Å². The summed E-state index contributed by atoms with van der Waals surface area (Å²) >= 11 is 0. The number of aliphatic hydroxyl groups is 1. The van der Waals surface area contributed by atoms with Crippen molar-refractivity contribution in [2.45, 2.75) is 12.4 Å². The van der Waals surface area contributed by atoms with E-state index in [1.807, 2.05) is 0 Å². The van der Waals surface area contributed by atoms with Gasteiger partial charge in [-0.2, -0.15) is 4.39 Å². The number of hydrogen-bond donors (Lipinski definition) is 1. The quantitative estimate of drug-likeness (QED) is 0.312. The minimum Gasteiger partial charge on any atom is -0.383 e. The number of hydrogen-bond acceptors (Lipinski definition) is 3. The lowest BCUT2D eigenvalue weighted by Gasteiger charge is -1.99. The van der Waals surface area contributed by atoms with E-state index in [0.29, 0.717) is 0 Å². The molecule has 0 aliphatic rings. The predicted octanol–water partition coefficient (Wildman–Crippen LogP) is -0.246. The smallest absolute Gasteiger partial charge is 0.374 e. The zero-order valence-corrected chi connectivity index (χ0v) is 3.95. The van der Waals surface area contributed by atoms with Crippen LogP contribution in [-0.4, -0.2) is 22.4 Å². The summed E-state index contributed by atoms with van der Waals surface area (Å²) < 4.78 is 11.6. The largest absolute Gasteiger partial charge is 0.383 e. The third kappa shape index (κ3) is 1.83. The van der Waals surface area contributed by atoms with Crippen molar-refractivity contribution < 1.29 is 14.4 Å². The van der Waals surface area contributed by atoms with Crippen molar-refractivity contribution in [3.05, 3.63) is 17.0 Å². The van der Waals surface area contributed by atoms with Gasteiger partial charge in [-0.05, 0) is 6.92 Å². The van der Waals surface area contributed by atoms with E-state index in [-0.39, 0.29) is 0 Å². The first-order chi connectivity index (χ1) is 3.55. The second-order valence-electron chi connectivity index (χ2n) is 1.23. The van der Waals surface area contributed by atoms with Crippen LogP contribution in [0, 0.1) is 17.0 Å². The van der Waals surface area contributed by atoms with Gasteiger partial charge >= 0.3 is 6.30 Å². The summed E-state index contributed by atoms with van der Waals surface area (Å²) in [4.78, 5) is 8.13. The summed E-state index contributed by atoms with van der Waals surface area (Å²) in [5, 5.41) is 17.4. The minimum atomic E-state index is -2.46. The molecular weight excluding hydrogens is 117 g/mol. The van der Waals surface area contributed by atoms with Crippen LogP contribution < -0.4 is 0 Å². The fourth-order valence-electron chi connectivity index (χ4n) is 0.140. The maximum atomic E-state index is 11.6. The zero-order valence-electron chi connectivity index (χ0n) is 3.95. The maximum Gasteiger partial charge on any atom is 0.374 e. The molecule has 1 radical (unpaired) electrons. The van der Waals surface area contributed by atoms with Gasteiger partial charge in [0.2, 0.25) is 0 Å². The van der Waals surface area contributed by atoms with E-state index in [1.165, 1.54) is 0 Å². The van der Waals surface area contributed by atoms with E-state index in [2.05, 4.69) is 6.92 Å². The number of nitro groups is 1. The molecule has 5 heteroatoms. The fourth-order valence-corrected chi connectivity index (χ4v) is 0.140. The average molecular weight is 122 g/mol. The van der Waals surface area contributed by atoms with Gasteiger partial charge < -0.3 is 5.11 Å². The summed E-state index contributed by atoms with van der Waals surface area (Å²) in [5.41, 5.74) is 0. The first kappa shape index (κ1) is 7.29. The molecule has 0 saturated carbocycles. The highest BCUT2D eigenvalue weighted by Gasteiger charge is 2.23. The standard InChI is InChI=1S/C3H5FNO3/c1-2(6)3(4)5(7)8/h2-3,6H,1H2. The Bertz CT molecular complexity index is 94.5. The van der Waals surface area contributed by atoms with Crippen LogP contribution in [0.25, 0.3) is 0 Å². The molecule has 2 unspecified atom stereocenters. The van der Waals surface area contributed by atoms with Crippen LogP contribution in [0.2, 0.25) is 0 Å². The third-order valence-electron chi connectivity index (χ3n) is 0.519. The topological polar surface area (TPSA) is 63.4 Å².